The molecule has 15 heavy (non-hydrogen) atoms. The maximum absolute atomic E-state index is 10.8. The molecule has 7 nitrogen and oxygen atoms in total. The van der Waals surface area contributed by atoms with Crippen molar-refractivity contribution < 1.29 is 24.9 Å². The van der Waals surface area contributed by atoms with Crippen LogP contribution in [-0.2, 0) is 0 Å². The van der Waals surface area contributed by atoms with Crippen molar-refractivity contribution in [2.45, 2.75) is 19.1 Å². The summed E-state index contributed by atoms with van der Waals surface area (Å²) in [4.78, 5) is 23.7. The highest BCUT2D eigenvalue weighted by molar-refractivity contribution is 5.68. The lowest BCUT2D eigenvalue weighted by Crippen LogP contribution is -2.59. The molecule has 0 aromatic heterocycles. The van der Waals surface area contributed by atoms with Crippen molar-refractivity contribution in [1.82, 2.24) is 9.80 Å². The van der Waals surface area contributed by atoms with Gasteiger partial charge >= 0.3 is 12.2 Å². The minimum absolute atomic E-state index is 0.0132. The average molecular weight is 218 g/mol. The standard InChI is InChI=1S/C8H14N2O5/c1-5(11)6-4-9(7(12)13)2-3-10(6)8(14)15/h5-6,11H,2-4H2,1H3,(H,12,13)(H,14,15)/t5-,6+/m1/s1. The van der Waals surface area contributed by atoms with E-state index in [0.29, 0.717) is 0 Å². The van der Waals surface area contributed by atoms with Gasteiger partial charge in [-0.25, -0.2) is 9.59 Å². The predicted octanol–water partition coefficient (Wildman–Crippen LogP) is -0.291. The molecule has 0 aliphatic carbocycles. The SMILES string of the molecule is C[C@@H](O)[C@@H]1CN(C(=O)O)CCN1C(=O)O. The van der Waals surface area contributed by atoms with E-state index >= 15 is 0 Å². The van der Waals surface area contributed by atoms with E-state index in [1.807, 2.05) is 0 Å². The highest BCUT2D eigenvalue weighted by Crippen LogP contribution is 2.13. The molecule has 2 amide bonds. The van der Waals surface area contributed by atoms with Crippen LogP contribution in [0.5, 0.6) is 0 Å². The van der Waals surface area contributed by atoms with Gasteiger partial charge in [0.2, 0.25) is 0 Å². The van der Waals surface area contributed by atoms with Crippen LogP contribution in [0.15, 0.2) is 0 Å². The van der Waals surface area contributed by atoms with Gasteiger partial charge in [-0.05, 0) is 6.92 Å². The van der Waals surface area contributed by atoms with Gasteiger partial charge in [0.15, 0.2) is 0 Å². The fraction of sp³-hybridized carbons (Fsp3) is 0.750. The van der Waals surface area contributed by atoms with Crippen LogP contribution < -0.4 is 0 Å². The van der Waals surface area contributed by atoms with Gasteiger partial charge in [-0.2, -0.15) is 0 Å². The quantitative estimate of drug-likeness (QED) is 0.561. The number of carboxylic acid groups (broad SMARTS) is 2. The van der Waals surface area contributed by atoms with Gasteiger partial charge < -0.3 is 20.2 Å². The second-order valence-corrected chi connectivity index (χ2v) is 3.51. The topological polar surface area (TPSA) is 101 Å². The molecule has 0 unspecified atom stereocenters. The summed E-state index contributed by atoms with van der Waals surface area (Å²) in [5.41, 5.74) is 0. The zero-order chi connectivity index (χ0) is 11.6. The van der Waals surface area contributed by atoms with Crippen LogP contribution >= 0.6 is 0 Å². The van der Waals surface area contributed by atoms with E-state index in [1.165, 1.54) is 6.92 Å². The fourth-order valence-electron chi connectivity index (χ4n) is 1.63. The molecule has 1 fully saturated rings. The Balaban J connectivity index is 2.73. The molecule has 3 N–H and O–H groups in total. The van der Waals surface area contributed by atoms with Crippen molar-refractivity contribution in [2.24, 2.45) is 0 Å². The van der Waals surface area contributed by atoms with Crippen molar-refractivity contribution in [3.8, 4) is 0 Å². The first-order chi connectivity index (χ1) is 6.93. The first-order valence-corrected chi connectivity index (χ1v) is 4.59. The van der Waals surface area contributed by atoms with Crippen LogP contribution in [-0.4, -0.2) is 69.1 Å². The Labute approximate surface area is 86.5 Å². The molecule has 1 heterocycles. The highest BCUT2D eigenvalue weighted by Gasteiger charge is 2.34. The monoisotopic (exact) mass is 218 g/mol. The van der Waals surface area contributed by atoms with Crippen molar-refractivity contribution in [2.75, 3.05) is 19.6 Å². The fourth-order valence-corrected chi connectivity index (χ4v) is 1.63. The Kier molecular flexibility index (Phi) is 3.35. The number of nitrogens with zero attached hydrogens (tertiary/aromatic N) is 2. The molecule has 1 aliphatic rings. The van der Waals surface area contributed by atoms with Gasteiger partial charge in [-0.1, -0.05) is 0 Å². The summed E-state index contributed by atoms with van der Waals surface area (Å²) >= 11 is 0. The van der Waals surface area contributed by atoms with Gasteiger partial charge in [0.05, 0.1) is 12.1 Å². The molecule has 0 spiro atoms. The lowest BCUT2D eigenvalue weighted by molar-refractivity contribution is 0.0112. The van der Waals surface area contributed by atoms with Gasteiger partial charge in [-0.15, -0.1) is 0 Å². The van der Waals surface area contributed by atoms with Crippen LogP contribution in [0.1, 0.15) is 6.92 Å². The molecule has 0 aromatic rings. The Morgan fingerprint density at radius 2 is 1.87 bits per heavy atom. The summed E-state index contributed by atoms with van der Waals surface area (Å²) < 4.78 is 0. The zero-order valence-electron chi connectivity index (χ0n) is 8.33. The minimum Gasteiger partial charge on any atom is -0.465 e. The number of hydrogen-bond acceptors (Lipinski definition) is 3. The summed E-state index contributed by atoms with van der Waals surface area (Å²) in [5.74, 6) is 0. The molecule has 1 saturated heterocycles. The molecule has 0 bridgehead atoms. The Morgan fingerprint density at radius 3 is 2.27 bits per heavy atom. The van der Waals surface area contributed by atoms with E-state index in [4.69, 9.17) is 10.2 Å². The van der Waals surface area contributed by atoms with Crippen LogP contribution in [0.3, 0.4) is 0 Å². The lowest BCUT2D eigenvalue weighted by atomic mass is 10.1. The van der Waals surface area contributed by atoms with Crippen molar-refractivity contribution in [3.05, 3.63) is 0 Å². The molecule has 2 atom stereocenters. The number of aliphatic hydroxyl groups excluding tert-OH is 1. The van der Waals surface area contributed by atoms with Crippen LogP contribution in [0.4, 0.5) is 9.59 Å². The molecule has 0 aromatic carbocycles. The number of amides is 2. The van der Waals surface area contributed by atoms with Crippen LogP contribution in [0.25, 0.3) is 0 Å². The number of rotatable bonds is 1. The zero-order valence-corrected chi connectivity index (χ0v) is 8.33. The van der Waals surface area contributed by atoms with E-state index in [2.05, 4.69) is 0 Å². The second kappa shape index (κ2) is 4.35. The number of hydrogen-bond donors (Lipinski definition) is 3. The van der Waals surface area contributed by atoms with Gasteiger partial charge in [0.25, 0.3) is 0 Å². The number of piperazine rings is 1. The third kappa shape index (κ3) is 2.50. The molecular weight excluding hydrogens is 204 g/mol. The summed E-state index contributed by atoms with van der Waals surface area (Å²) in [6.07, 6.45) is -3.11. The third-order valence-corrected chi connectivity index (χ3v) is 2.49. The molecule has 86 valence electrons. The lowest BCUT2D eigenvalue weighted by Gasteiger charge is -2.39. The van der Waals surface area contributed by atoms with Gasteiger partial charge in [0.1, 0.15) is 0 Å². The second-order valence-electron chi connectivity index (χ2n) is 3.51. The Morgan fingerprint density at radius 1 is 1.27 bits per heavy atom. The van der Waals surface area contributed by atoms with E-state index in [9.17, 15) is 14.7 Å². The Bertz CT molecular complexity index is 268. The van der Waals surface area contributed by atoms with Crippen molar-refractivity contribution in [3.63, 3.8) is 0 Å². The Hall–Kier alpha value is -1.50. The molecule has 0 radical (unpaired) electrons. The van der Waals surface area contributed by atoms with E-state index in [-0.39, 0.29) is 19.6 Å². The van der Waals surface area contributed by atoms with E-state index < -0.39 is 24.3 Å². The van der Waals surface area contributed by atoms with Crippen molar-refractivity contribution >= 4 is 12.2 Å². The van der Waals surface area contributed by atoms with Gasteiger partial charge in [-0.3, -0.25) is 4.90 Å². The molecular formula is C8H14N2O5. The number of aliphatic hydroxyl groups is 1. The third-order valence-electron chi connectivity index (χ3n) is 2.49. The summed E-state index contributed by atoms with van der Waals surface area (Å²) in [6.45, 7) is 1.70. The predicted molar refractivity (Wildman–Crippen MR) is 49.8 cm³/mol. The molecule has 1 rings (SSSR count). The summed E-state index contributed by atoms with van der Waals surface area (Å²) in [5, 5.41) is 26.9. The van der Waals surface area contributed by atoms with Crippen LogP contribution in [0, 0.1) is 0 Å². The normalized spacial score (nSPS) is 23.7. The number of carbonyl (C=O) groups is 2. The molecule has 1 aliphatic heterocycles. The van der Waals surface area contributed by atoms with Crippen LogP contribution in [0.2, 0.25) is 0 Å². The maximum atomic E-state index is 10.8. The summed E-state index contributed by atoms with van der Waals surface area (Å²) in [6, 6.07) is -0.688. The minimum atomic E-state index is -1.13. The first-order valence-electron chi connectivity index (χ1n) is 4.59. The molecule has 0 saturated carbocycles. The smallest absolute Gasteiger partial charge is 0.407 e. The largest absolute Gasteiger partial charge is 0.465 e. The molecule has 7 heteroatoms. The maximum Gasteiger partial charge on any atom is 0.407 e. The van der Waals surface area contributed by atoms with E-state index in [1.54, 1.807) is 0 Å². The van der Waals surface area contributed by atoms with Crippen molar-refractivity contribution in [1.29, 1.82) is 0 Å². The average Bonchev–Trinajstić information content (AvgIpc) is 2.16. The first kappa shape index (κ1) is 11.6. The van der Waals surface area contributed by atoms with Gasteiger partial charge in [0, 0.05) is 19.6 Å². The highest BCUT2D eigenvalue weighted by atomic mass is 16.4. The summed E-state index contributed by atoms with van der Waals surface area (Å²) in [7, 11) is 0. The van der Waals surface area contributed by atoms with E-state index in [0.717, 1.165) is 9.80 Å².